The van der Waals surface area contributed by atoms with E-state index in [4.69, 9.17) is 0 Å². The van der Waals surface area contributed by atoms with E-state index in [0.717, 1.165) is 5.56 Å². The Morgan fingerprint density at radius 1 is 1.31 bits per heavy atom. The Kier molecular flexibility index (Phi) is 2.30. The number of carboxylic acids is 1. The van der Waals surface area contributed by atoms with Crippen LogP contribution < -0.4 is 0 Å². The fourth-order valence-corrected chi connectivity index (χ4v) is 2.56. The number of hydrogen-bond donors (Lipinski definition) is 1. The molecule has 0 spiro atoms. The molecule has 0 saturated heterocycles. The number of alkyl halides is 1. The summed E-state index contributed by atoms with van der Waals surface area (Å²) in [5.74, 6) is -0.925. The van der Waals surface area contributed by atoms with Gasteiger partial charge >= 0.3 is 5.97 Å². The lowest BCUT2D eigenvalue weighted by Crippen LogP contribution is -2.55. The predicted octanol–water partition coefficient (Wildman–Crippen LogP) is 2.84. The summed E-state index contributed by atoms with van der Waals surface area (Å²) >= 11 is 0. The first-order valence-corrected chi connectivity index (χ1v) is 5.35. The number of halogens is 1. The number of aryl methyl sites for hydroxylation is 1. The van der Waals surface area contributed by atoms with E-state index in [9.17, 15) is 14.3 Å². The Balaban J connectivity index is 2.36. The van der Waals surface area contributed by atoms with Crippen molar-refractivity contribution in [3.8, 4) is 0 Å². The maximum Gasteiger partial charge on any atom is 0.314 e. The molecule has 3 heteroatoms. The predicted molar refractivity (Wildman–Crippen MR) is 59.2 cm³/mol. The summed E-state index contributed by atoms with van der Waals surface area (Å²) < 4.78 is 13.6. The summed E-state index contributed by atoms with van der Waals surface area (Å²) in [6.45, 7) is 3.40. The lowest BCUT2D eigenvalue weighted by molar-refractivity contribution is -0.155. The second-order valence-corrected chi connectivity index (χ2v) is 5.02. The first kappa shape index (κ1) is 11.1. The highest BCUT2D eigenvalue weighted by atomic mass is 19.1. The van der Waals surface area contributed by atoms with Gasteiger partial charge in [-0.25, -0.2) is 4.39 Å². The van der Waals surface area contributed by atoms with Crippen LogP contribution >= 0.6 is 0 Å². The smallest absolute Gasteiger partial charge is 0.314 e. The van der Waals surface area contributed by atoms with Crippen molar-refractivity contribution in [2.75, 3.05) is 0 Å². The highest BCUT2D eigenvalue weighted by Crippen LogP contribution is 2.52. The van der Waals surface area contributed by atoms with Crippen LogP contribution in [0.25, 0.3) is 0 Å². The molecule has 16 heavy (non-hydrogen) atoms. The third kappa shape index (κ3) is 1.60. The van der Waals surface area contributed by atoms with Gasteiger partial charge in [0, 0.05) is 12.8 Å². The Morgan fingerprint density at radius 3 is 2.19 bits per heavy atom. The van der Waals surface area contributed by atoms with Crippen molar-refractivity contribution < 1.29 is 14.3 Å². The molecule has 0 unspecified atom stereocenters. The summed E-state index contributed by atoms with van der Waals surface area (Å²) in [4.78, 5) is 11.3. The molecule has 0 heterocycles. The fourth-order valence-electron chi connectivity index (χ4n) is 2.56. The zero-order valence-electron chi connectivity index (χ0n) is 9.46. The summed E-state index contributed by atoms with van der Waals surface area (Å²) in [5, 5.41) is 9.27. The quantitative estimate of drug-likeness (QED) is 0.835. The van der Waals surface area contributed by atoms with Gasteiger partial charge < -0.3 is 5.11 Å². The van der Waals surface area contributed by atoms with E-state index in [0.29, 0.717) is 5.56 Å². The Labute approximate surface area is 94.1 Å². The number of aliphatic carboxylic acids is 1. The van der Waals surface area contributed by atoms with E-state index in [-0.39, 0.29) is 12.8 Å². The van der Waals surface area contributed by atoms with Gasteiger partial charge in [0.2, 0.25) is 0 Å². The van der Waals surface area contributed by atoms with Crippen LogP contribution in [-0.2, 0) is 10.2 Å². The molecule has 1 aliphatic carbocycles. The molecule has 0 radical (unpaired) electrons. The SMILES string of the molecule is Cc1ccc(C2(C(=O)O)CC(C)(F)C2)cc1. The molecule has 0 amide bonds. The zero-order valence-corrected chi connectivity index (χ0v) is 9.46. The molecule has 1 saturated carbocycles. The largest absolute Gasteiger partial charge is 0.481 e. The minimum Gasteiger partial charge on any atom is -0.481 e. The number of carbonyl (C=O) groups is 1. The molecule has 1 N–H and O–H groups in total. The normalized spacial score (nSPS) is 33.2. The average molecular weight is 222 g/mol. The van der Waals surface area contributed by atoms with Crippen molar-refractivity contribution in [1.29, 1.82) is 0 Å². The van der Waals surface area contributed by atoms with Gasteiger partial charge in [-0.1, -0.05) is 29.8 Å². The number of hydrogen-bond acceptors (Lipinski definition) is 1. The molecule has 1 aromatic carbocycles. The number of rotatable bonds is 2. The molecule has 1 fully saturated rings. The average Bonchev–Trinajstić information content (AvgIpc) is 2.14. The van der Waals surface area contributed by atoms with E-state index in [2.05, 4.69) is 0 Å². The fraction of sp³-hybridized carbons (Fsp3) is 0.462. The van der Waals surface area contributed by atoms with Crippen molar-refractivity contribution in [2.45, 2.75) is 37.8 Å². The molecular weight excluding hydrogens is 207 g/mol. The number of benzene rings is 1. The third-order valence-electron chi connectivity index (χ3n) is 3.35. The van der Waals surface area contributed by atoms with Gasteiger partial charge in [0.15, 0.2) is 0 Å². The van der Waals surface area contributed by atoms with Crippen LogP contribution in [0.15, 0.2) is 24.3 Å². The second-order valence-electron chi connectivity index (χ2n) is 5.02. The van der Waals surface area contributed by atoms with Crippen LogP contribution in [0.1, 0.15) is 30.9 Å². The van der Waals surface area contributed by atoms with Crippen LogP contribution in [0.4, 0.5) is 4.39 Å². The van der Waals surface area contributed by atoms with Gasteiger partial charge in [0.1, 0.15) is 5.67 Å². The highest BCUT2D eigenvalue weighted by molar-refractivity contribution is 5.83. The summed E-state index contributed by atoms with van der Waals surface area (Å²) in [6.07, 6.45) is 0.136. The first-order valence-electron chi connectivity index (χ1n) is 5.35. The molecule has 0 aliphatic heterocycles. The van der Waals surface area contributed by atoms with Gasteiger partial charge in [-0.2, -0.15) is 0 Å². The van der Waals surface area contributed by atoms with Crippen molar-refractivity contribution in [2.24, 2.45) is 0 Å². The van der Waals surface area contributed by atoms with Crippen LogP contribution in [0.3, 0.4) is 0 Å². The van der Waals surface area contributed by atoms with Crippen LogP contribution in [0.2, 0.25) is 0 Å². The van der Waals surface area contributed by atoms with Crippen LogP contribution in [0, 0.1) is 6.92 Å². The Hall–Kier alpha value is -1.38. The van der Waals surface area contributed by atoms with E-state index < -0.39 is 17.1 Å². The third-order valence-corrected chi connectivity index (χ3v) is 3.35. The van der Waals surface area contributed by atoms with Gasteiger partial charge in [0.05, 0.1) is 5.41 Å². The van der Waals surface area contributed by atoms with E-state index in [1.165, 1.54) is 6.92 Å². The molecular formula is C13H15FO2. The van der Waals surface area contributed by atoms with Gasteiger partial charge in [-0.3, -0.25) is 4.79 Å². The van der Waals surface area contributed by atoms with Crippen molar-refractivity contribution >= 4 is 5.97 Å². The topological polar surface area (TPSA) is 37.3 Å². The van der Waals surface area contributed by atoms with E-state index in [1.54, 1.807) is 12.1 Å². The Morgan fingerprint density at radius 2 is 1.81 bits per heavy atom. The van der Waals surface area contributed by atoms with Gasteiger partial charge in [-0.15, -0.1) is 0 Å². The summed E-state index contributed by atoms with van der Waals surface area (Å²) in [7, 11) is 0. The van der Waals surface area contributed by atoms with Crippen molar-refractivity contribution in [1.82, 2.24) is 0 Å². The molecule has 2 rings (SSSR count). The van der Waals surface area contributed by atoms with E-state index >= 15 is 0 Å². The monoisotopic (exact) mass is 222 g/mol. The van der Waals surface area contributed by atoms with E-state index in [1.807, 2.05) is 19.1 Å². The van der Waals surface area contributed by atoms with Crippen LogP contribution in [-0.4, -0.2) is 16.7 Å². The standard InChI is InChI=1S/C13H15FO2/c1-9-3-5-10(6-4-9)13(11(15)16)7-12(2,14)8-13/h3-6H,7-8H2,1-2H3,(H,15,16). The Bertz CT molecular complexity index is 412. The molecule has 86 valence electrons. The molecule has 1 aliphatic rings. The summed E-state index contributed by atoms with van der Waals surface area (Å²) in [5.41, 5.74) is -0.576. The van der Waals surface area contributed by atoms with Gasteiger partial charge in [0.25, 0.3) is 0 Å². The molecule has 0 atom stereocenters. The minimum atomic E-state index is -1.34. The summed E-state index contributed by atoms with van der Waals surface area (Å²) in [6, 6.07) is 7.32. The molecule has 1 aromatic rings. The number of carboxylic acid groups (broad SMARTS) is 1. The molecule has 0 bridgehead atoms. The minimum absolute atomic E-state index is 0.0679. The van der Waals surface area contributed by atoms with Gasteiger partial charge in [-0.05, 0) is 19.4 Å². The lowest BCUT2D eigenvalue weighted by atomic mass is 9.57. The zero-order chi connectivity index (χ0) is 12.0. The highest BCUT2D eigenvalue weighted by Gasteiger charge is 2.58. The second kappa shape index (κ2) is 3.30. The molecule has 2 nitrogen and oxygen atoms in total. The van der Waals surface area contributed by atoms with Crippen molar-refractivity contribution in [3.05, 3.63) is 35.4 Å². The maximum atomic E-state index is 13.6. The molecule has 0 aromatic heterocycles. The maximum absolute atomic E-state index is 13.6. The lowest BCUT2D eigenvalue weighted by Gasteiger charge is -2.47. The first-order chi connectivity index (χ1) is 7.36. The van der Waals surface area contributed by atoms with Crippen molar-refractivity contribution in [3.63, 3.8) is 0 Å². The van der Waals surface area contributed by atoms with Crippen LogP contribution in [0.5, 0.6) is 0 Å².